The topological polar surface area (TPSA) is 24.9 Å². The Morgan fingerprint density at radius 2 is 1.89 bits per heavy atom. The maximum atomic E-state index is 13.0. The average Bonchev–Trinajstić information content (AvgIpc) is 2.91. The molecule has 0 aromatic carbocycles. The summed E-state index contributed by atoms with van der Waals surface area (Å²) in [5, 5.41) is 3.73. The number of thiazole rings is 1. The Balaban J connectivity index is 2.15. The van der Waals surface area contributed by atoms with Gasteiger partial charge in [0.2, 0.25) is 0 Å². The molecule has 0 unspecified atom stereocenters. The average molecular weight is 292 g/mol. The first-order chi connectivity index (χ1) is 8.65. The van der Waals surface area contributed by atoms with E-state index in [0.29, 0.717) is 22.2 Å². The highest BCUT2D eigenvalue weighted by Crippen LogP contribution is 2.38. The lowest BCUT2D eigenvalue weighted by Crippen LogP contribution is -2.35. The zero-order valence-corrected chi connectivity index (χ0v) is 12.2. The lowest BCUT2D eigenvalue weighted by atomic mass is 10.1. The molecular formula is C13H19F3N2S. The van der Waals surface area contributed by atoms with E-state index in [9.17, 15) is 13.2 Å². The van der Waals surface area contributed by atoms with Crippen LogP contribution in [0, 0.1) is 5.92 Å². The third-order valence-electron chi connectivity index (χ3n) is 2.95. The van der Waals surface area contributed by atoms with Gasteiger partial charge in [-0.2, -0.15) is 13.2 Å². The monoisotopic (exact) mass is 292 g/mol. The summed E-state index contributed by atoms with van der Waals surface area (Å²) in [5.41, 5.74) is -0.909. The second kappa shape index (κ2) is 5.05. The van der Waals surface area contributed by atoms with Crippen LogP contribution < -0.4 is 5.32 Å². The highest BCUT2D eigenvalue weighted by atomic mass is 32.1. The number of nitrogens with zero attached hydrogens (tertiary/aromatic N) is 1. The lowest BCUT2D eigenvalue weighted by molar-refractivity contribution is -0.141. The van der Waals surface area contributed by atoms with Crippen molar-refractivity contribution in [3.63, 3.8) is 0 Å². The Kier molecular flexibility index (Phi) is 3.93. The van der Waals surface area contributed by atoms with Crippen molar-refractivity contribution >= 4 is 11.3 Å². The Hall–Kier alpha value is -0.620. The van der Waals surface area contributed by atoms with Gasteiger partial charge in [-0.05, 0) is 39.5 Å². The van der Waals surface area contributed by atoms with Crippen molar-refractivity contribution in [2.45, 2.75) is 58.3 Å². The summed E-state index contributed by atoms with van der Waals surface area (Å²) in [6.45, 7) is 6.03. The van der Waals surface area contributed by atoms with E-state index in [0.717, 1.165) is 12.8 Å². The molecule has 108 valence electrons. The predicted octanol–water partition coefficient (Wildman–Crippen LogP) is 4.00. The highest BCUT2D eigenvalue weighted by molar-refractivity contribution is 7.11. The summed E-state index contributed by atoms with van der Waals surface area (Å²) < 4.78 is 38.9. The predicted molar refractivity (Wildman–Crippen MR) is 70.1 cm³/mol. The van der Waals surface area contributed by atoms with E-state index in [1.807, 2.05) is 20.8 Å². The van der Waals surface area contributed by atoms with Gasteiger partial charge in [-0.15, -0.1) is 11.3 Å². The number of halogens is 3. The largest absolute Gasteiger partial charge is 0.434 e. The fourth-order valence-corrected chi connectivity index (χ4v) is 2.89. The van der Waals surface area contributed by atoms with E-state index in [1.165, 1.54) is 11.3 Å². The molecule has 2 nitrogen and oxygen atoms in total. The molecule has 0 bridgehead atoms. The standard InChI is InChI=1S/C13H19F3N2S/c1-12(2,3)17-7-9-11(13(14,15)16)18-10(19-9)6-8-4-5-8/h8,17H,4-7H2,1-3H3. The van der Waals surface area contributed by atoms with Crippen molar-refractivity contribution in [1.82, 2.24) is 10.3 Å². The van der Waals surface area contributed by atoms with E-state index in [4.69, 9.17) is 0 Å². The first-order valence-corrected chi connectivity index (χ1v) is 7.27. The van der Waals surface area contributed by atoms with Gasteiger partial charge in [-0.1, -0.05) is 0 Å². The van der Waals surface area contributed by atoms with Crippen molar-refractivity contribution in [2.75, 3.05) is 0 Å². The Morgan fingerprint density at radius 3 is 2.37 bits per heavy atom. The van der Waals surface area contributed by atoms with Crippen molar-refractivity contribution in [1.29, 1.82) is 0 Å². The van der Waals surface area contributed by atoms with E-state index in [1.54, 1.807) is 0 Å². The SMILES string of the molecule is CC(C)(C)NCc1sc(CC2CC2)nc1C(F)(F)F. The van der Waals surface area contributed by atoms with Crippen LogP contribution in [0.3, 0.4) is 0 Å². The van der Waals surface area contributed by atoms with Gasteiger partial charge in [0.25, 0.3) is 0 Å². The molecule has 0 radical (unpaired) electrons. The quantitative estimate of drug-likeness (QED) is 0.907. The van der Waals surface area contributed by atoms with Crippen molar-refractivity contribution < 1.29 is 13.2 Å². The molecule has 0 aliphatic heterocycles. The molecular weight excluding hydrogens is 273 g/mol. The number of alkyl halides is 3. The van der Waals surface area contributed by atoms with Gasteiger partial charge in [-0.25, -0.2) is 4.98 Å². The van der Waals surface area contributed by atoms with E-state index in [-0.39, 0.29) is 12.1 Å². The van der Waals surface area contributed by atoms with Crippen LogP contribution in [-0.4, -0.2) is 10.5 Å². The molecule has 1 aromatic rings. The first kappa shape index (κ1) is 14.8. The number of nitrogens with one attached hydrogen (secondary N) is 1. The van der Waals surface area contributed by atoms with Crippen molar-refractivity contribution in [2.24, 2.45) is 5.92 Å². The normalized spacial score (nSPS) is 16.9. The smallest absolute Gasteiger partial charge is 0.307 e. The fraction of sp³-hybridized carbons (Fsp3) is 0.769. The van der Waals surface area contributed by atoms with Gasteiger partial charge in [0.05, 0.1) is 9.88 Å². The molecule has 0 amide bonds. The Bertz CT molecular complexity index is 442. The maximum absolute atomic E-state index is 13.0. The lowest BCUT2D eigenvalue weighted by Gasteiger charge is -2.20. The molecule has 1 N–H and O–H groups in total. The Labute approximate surface area is 115 Å². The number of hydrogen-bond donors (Lipinski definition) is 1. The van der Waals surface area contributed by atoms with Crippen LogP contribution in [-0.2, 0) is 19.1 Å². The molecule has 2 rings (SSSR count). The maximum Gasteiger partial charge on any atom is 0.434 e. The summed E-state index contributed by atoms with van der Waals surface area (Å²) in [7, 11) is 0. The number of hydrogen-bond acceptors (Lipinski definition) is 3. The molecule has 1 heterocycles. The van der Waals surface area contributed by atoms with Gasteiger partial charge >= 0.3 is 6.18 Å². The summed E-state index contributed by atoms with van der Waals surface area (Å²) in [4.78, 5) is 4.12. The molecule has 1 saturated carbocycles. The van der Waals surface area contributed by atoms with Crippen LogP contribution in [0.15, 0.2) is 0 Å². The van der Waals surface area contributed by atoms with Crippen LogP contribution in [0.1, 0.15) is 49.2 Å². The minimum Gasteiger partial charge on any atom is -0.307 e. The molecule has 1 aliphatic carbocycles. The molecule has 0 spiro atoms. The zero-order valence-electron chi connectivity index (χ0n) is 11.4. The van der Waals surface area contributed by atoms with Gasteiger partial charge in [0.15, 0.2) is 5.69 Å². The Morgan fingerprint density at radius 1 is 1.26 bits per heavy atom. The summed E-state index contributed by atoms with van der Waals surface area (Å²) in [6.07, 6.45) is -1.41. The minimum atomic E-state index is -4.35. The van der Waals surface area contributed by atoms with Crippen molar-refractivity contribution in [3.8, 4) is 0 Å². The van der Waals surface area contributed by atoms with Crippen LogP contribution in [0.25, 0.3) is 0 Å². The first-order valence-electron chi connectivity index (χ1n) is 6.46. The zero-order chi connectivity index (χ0) is 14.3. The third-order valence-corrected chi connectivity index (χ3v) is 4.03. The molecule has 19 heavy (non-hydrogen) atoms. The molecule has 0 atom stereocenters. The summed E-state index contributed by atoms with van der Waals surface area (Å²) >= 11 is 1.20. The molecule has 0 saturated heterocycles. The van der Waals surface area contributed by atoms with E-state index < -0.39 is 11.9 Å². The molecule has 6 heteroatoms. The number of aromatic nitrogens is 1. The molecule has 1 aromatic heterocycles. The molecule has 1 aliphatic rings. The fourth-order valence-electron chi connectivity index (χ4n) is 1.74. The number of rotatable bonds is 4. The van der Waals surface area contributed by atoms with Gasteiger partial charge in [0.1, 0.15) is 0 Å². The minimum absolute atomic E-state index is 0.205. The van der Waals surface area contributed by atoms with E-state index in [2.05, 4.69) is 10.3 Å². The van der Waals surface area contributed by atoms with Crippen LogP contribution in [0.5, 0.6) is 0 Å². The highest BCUT2D eigenvalue weighted by Gasteiger charge is 2.38. The third kappa shape index (κ3) is 4.45. The van der Waals surface area contributed by atoms with Crippen LogP contribution in [0.2, 0.25) is 0 Å². The van der Waals surface area contributed by atoms with Crippen molar-refractivity contribution in [3.05, 3.63) is 15.6 Å². The van der Waals surface area contributed by atoms with Gasteiger partial charge in [-0.3, -0.25) is 0 Å². The van der Waals surface area contributed by atoms with Crippen LogP contribution in [0.4, 0.5) is 13.2 Å². The summed E-state index contributed by atoms with van der Waals surface area (Å²) in [5.74, 6) is 0.552. The van der Waals surface area contributed by atoms with Crippen LogP contribution >= 0.6 is 11.3 Å². The van der Waals surface area contributed by atoms with Gasteiger partial charge < -0.3 is 5.32 Å². The second-order valence-electron chi connectivity index (χ2n) is 6.13. The van der Waals surface area contributed by atoms with E-state index >= 15 is 0 Å². The summed E-state index contributed by atoms with van der Waals surface area (Å²) in [6, 6.07) is 0. The van der Waals surface area contributed by atoms with Gasteiger partial charge in [0, 0.05) is 18.5 Å². The second-order valence-corrected chi connectivity index (χ2v) is 7.30. The molecule has 1 fully saturated rings.